The number of carbonyl (C=O) groups excluding carboxylic acids is 2. The Morgan fingerprint density at radius 2 is 2.07 bits per heavy atom. The summed E-state index contributed by atoms with van der Waals surface area (Å²) in [5.74, 6) is -1.50. The molecule has 1 aromatic carbocycles. The Hall–Kier alpha value is -1.76. The second-order valence-corrected chi connectivity index (χ2v) is 11.1. The first-order chi connectivity index (χ1) is 13.4. The van der Waals surface area contributed by atoms with Crippen molar-refractivity contribution in [1.29, 1.82) is 0 Å². The number of carbonyl (C=O) groups is 2. The molecule has 0 saturated carbocycles. The maximum Gasteiger partial charge on any atom is 0.313 e. The quantitative estimate of drug-likeness (QED) is 0.306. The summed E-state index contributed by atoms with van der Waals surface area (Å²) >= 11 is 0. The highest BCUT2D eigenvalue weighted by Gasteiger charge is 2.43. The molecule has 1 fully saturated rings. The van der Waals surface area contributed by atoms with Crippen molar-refractivity contribution in [3.8, 4) is 0 Å². The van der Waals surface area contributed by atoms with Gasteiger partial charge in [0.1, 0.15) is 11.5 Å². The summed E-state index contributed by atoms with van der Waals surface area (Å²) in [6.07, 6.45) is 1.09. The number of nitrogens with zero attached hydrogens (tertiary/aromatic N) is 1. The monoisotopic (exact) mass is 429 g/mol. The number of halogens is 1. The van der Waals surface area contributed by atoms with Gasteiger partial charge < -0.3 is 4.74 Å². The molecule has 162 valence electrons. The molecule has 0 aliphatic carbocycles. The lowest BCUT2D eigenvalue weighted by molar-refractivity contribution is -0.169. The van der Waals surface area contributed by atoms with Crippen LogP contribution in [0.3, 0.4) is 0 Å². The minimum absolute atomic E-state index is 0.00931. The molecule has 9 heteroatoms. The van der Waals surface area contributed by atoms with Gasteiger partial charge in [-0.05, 0) is 64.2 Å². The number of ether oxygens (including phenoxy) is 1. The predicted octanol–water partition coefficient (Wildman–Crippen LogP) is 3.90. The number of hydroxylamine groups is 2. The molecule has 0 bridgehead atoms. The van der Waals surface area contributed by atoms with E-state index in [4.69, 9.17) is 9.26 Å². The van der Waals surface area contributed by atoms with E-state index in [1.54, 1.807) is 39.8 Å². The summed E-state index contributed by atoms with van der Waals surface area (Å²) in [6, 6.07) is 4.58. The van der Waals surface area contributed by atoms with Gasteiger partial charge in [-0.1, -0.05) is 12.1 Å². The third-order valence-corrected chi connectivity index (χ3v) is 7.69. The molecule has 0 radical (unpaired) electrons. The van der Waals surface area contributed by atoms with Crippen LogP contribution in [-0.4, -0.2) is 47.3 Å². The summed E-state index contributed by atoms with van der Waals surface area (Å²) in [5, 5.41) is 10.3. The molecule has 1 N–H and O–H groups in total. The Morgan fingerprint density at radius 1 is 1.38 bits per heavy atom. The fraction of sp³-hybridized carbons (Fsp3) is 0.600. The number of benzene rings is 1. The van der Waals surface area contributed by atoms with E-state index < -0.39 is 37.1 Å². The molecule has 0 aromatic heterocycles. The lowest BCUT2D eigenvalue weighted by atomic mass is 9.98. The van der Waals surface area contributed by atoms with Gasteiger partial charge in [-0.25, -0.2) is 9.45 Å². The number of aryl methyl sites for hydroxylation is 2. The topological polar surface area (TPSA) is 93.1 Å². The van der Waals surface area contributed by atoms with Gasteiger partial charge in [-0.2, -0.15) is 0 Å². The van der Waals surface area contributed by atoms with E-state index in [1.807, 2.05) is 0 Å². The van der Waals surface area contributed by atoms with Crippen LogP contribution in [0.1, 0.15) is 44.7 Å². The van der Waals surface area contributed by atoms with Gasteiger partial charge in [0.15, 0.2) is 6.79 Å². The zero-order chi connectivity index (χ0) is 21.8. The van der Waals surface area contributed by atoms with Crippen molar-refractivity contribution < 1.29 is 33.0 Å². The van der Waals surface area contributed by atoms with Crippen LogP contribution in [0.4, 0.5) is 4.39 Å². The van der Waals surface area contributed by atoms with Crippen LogP contribution in [-0.2, 0) is 29.8 Å². The summed E-state index contributed by atoms with van der Waals surface area (Å²) in [4.78, 5) is 24.4. The van der Waals surface area contributed by atoms with Gasteiger partial charge in [0, 0.05) is 12.7 Å². The van der Waals surface area contributed by atoms with Gasteiger partial charge in [0.2, 0.25) is 7.37 Å². The van der Waals surface area contributed by atoms with E-state index in [-0.39, 0.29) is 18.5 Å². The fourth-order valence-corrected chi connectivity index (χ4v) is 5.52. The third-order valence-electron chi connectivity index (χ3n) is 4.87. The SMILES string of the molecule is Cc1cc(CCP(=O)(OCOC(=O)C(C)(C)C)C2CCCN(O)C2=O)ccc1F. The molecule has 1 aliphatic rings. The van der Waals surface area contributed by atoms with Crippen LogP contribution in [0.2, 0.25) is 0 Å². The van der Waals surface area contributed by atoms with Crippen molar-refractivity contribution in [2.24, 2.45) is 5.41 Å². The van der Waals surface area contributed by atoms with Gasteiger partial charge in [0.05, 0.1) is 5.41 Å². The van der Waals surface area contributed by atoms with E-state index >= 15 is 0 Å². The highest BCUT2D eigenvalue weighted by molar-refractivity contribution is 7.60. The number of amides is 1. The molecule has 1 aromatic rings. The van der Waals surface area contributed by atoms with Crippen molar-refractivity contribution in [1.82, 2.24) is 5.06 Å². The molecule has 1 amide bonds. The van der Waals surface area contributed by atoms with Crippen molar-refractivity contribution >= 4 is 19.2 Å². The third kappa shape index (κ3) is 6.11. The molecule has 7 nitrogen and oxygen atoms in total. The van der Waals surface area contributed by atoms with Gasteiger partial charge in [-0.3, -0.25) is 23.9 Å². The number of esters is 1. The number of hydrogen-bond donors (Lipinski definition) is 1. The zero-order valence-corrected chi connectivity index (χ0v) is 18.2. The van der Waals surface area contributed by atoms with Gasteiger partial charge >= 0.3 is 5.97 Å². The van der Waals surface area contributed by atoms with Crippen LogP contribution in [0, 0.1) is 18.2 Å². The van der Waals surface area contributed by atoms with Crippen molar-refractivity contribution in [2.45, 2.75) is 52.6 Å². The van der Waals surface area contributed by atoms with E-state index in [9.17, 15) is 23.8 Å². The number of rotatable bonds is 7. The first-order valence-corrected chi connectivity index (χ1v) is 11.5. The number of piperidine rings is 1. The molecule has 2 atom stereocenters. The van der Waals surface area contributed by atoms with Crippen LogP contribution in [0.15, 0.2) is 18.2 Å². The van der Waals surface area contributed by atoms with Crippen LogP contribution in [0.25, 0.3) is 0 Å². The highest BCUT2D eigenvalue weighted by Crippen LogP contribution is 2.55. The summed E-state index contributed by atoms with van der Waals surface area (Å²) in [5.41, 5.74) is -0.533. The Morgan fingerprint density at radius 3 is 2.69 bits per heavy atom. The molecular formula is C20H29FNO6P. The second kappa shape index (κ2) is 9.37. The molecule has 29 heavy (non-hydrogen) atoms. The van der Waals surface area contributed by atoms with Crippen LogP contribution >= 0.6 is 7.37 Å². The first kappa shape index (κ1) is 23.5. The summed E-state index contributed by atoms with van der Waals surface area (Å²) in [6.45, 7) is 6.31. The maximum absolute atomic E-state index is 13.6. The second-order valence-electron chi connectivity index (χ2n) is 8.33. The largest absolute Gasteiger partial charge is 0.438 e. The van der Waals surface area contributed by atoms with E-state index in [0.29, 0.717) is 29.9 Å². The van der Waals surface area contributed by atoms with Crippen molar-refractivity contribution in [3.05, 3.63) is 35.1 Å². The standard InChI is InChI=1S/C20H29FNO6P/c1-14-12-15(7-8-16(14)21)9-11-29(26,17-6-5-10-22(25)18(17)23)28-13-27-19(24)20(2,3)4/h7-8,12,17,25H,5-6,9-11,13H2,1-4H3. The zero-order valence-electron chi connectivity index (χ0n) is 17.3. The van der Waals surface area contributed by atoms with Crippen molar-refractivity contribution in [3.63, 3.8) is 0 Å². The Bertz CT molecular complexity index is 807. The smallest absolute Gasteiger partial charge is 0.313 e. The normalized spacial score (nSPS) is 19.7. The average molecular weight is 429 g/mol. The van der Waals surface area contributed by atoms with Gasteiger partial charge in [0.25, 0.3) is 5.91 Å². The fourth-order valence-electron chi connectivity index (χ4n) is 3.05. The summed E-state index contributed by atoms with van der Waals surface area (Å²) < 4.78 is 37.7. The lowest BCUT2D eigenvalue weighted by Crippen LogP contribution is -2.42. The highest BCUT2D eigenvalue weighted by atomic mass is 31.2. The Labute approximate surface area is 170 Å². The number of hydrogen-bond acceptors (Lipinski definition) is 6. The predicted molar refractivity (Wildman–Crippen MR) is 105 cm³/mol. The minimum atomic E-state index is -3.61. The maximum atomic E-state index is 13.6. The first-order valence-electron chi connectivity index (χ1n) is 9.60. The Kier molecular flexibility index (Phi) is 7.60. The summed E-state index contributed by atoms with van der Waals surface area (Å²) in [7, 11) is -3.61. The molecule has 1 heterocycles. The van der Waals surface area contributed by atoms with E-state index in [1.165, 1.54) is 6.07 Å². The van der Waals surface area contributed by atoms with Crippen LogP contribution < -0.4 is 0 Å². The lowest BCUT2D eigenvalue weighted by Gasteiger charge is -2.32. The molecule has 0 spiro atoms. The van der Waals surface area contributed by atoms with E-state index in [2.05, 4.69) is 0 Å². The van der Waals surface area contributed by atoms with Gasteiger partial charge in [-0.15, -0.1) is 0 Å². The molecular weight excluding hydrogens is 400 g/mol. The molecule has 1 aliphatic heterocycles. The van der Waals surface area contributed by atoms with Crippen LogP contribution in [0.5, 0.6) is 0 Å². The van der Waals surface area contributed by atoms with Crippen molar-refractivity contribution in [2.75, 3.05) is 19.5 Å². The van der Waals surface area contributed by atoms with E-state index in [0.717, 1.165) is 5.56 Å². The average Bonchev–Trinajstić information content (AvgIpc) is 2.64. The molecule has 1 saturated heterocycles. The minimum Gasteiger partial charge on any atom is -0.438 e. The molecule has 2 rings (SSSR count). The molecule has 2 unspecified atom stereocenters. The Balaban J connectivity index is 2.15.